The van der Waals surface area contributed by atoms with Gasteiger partial charge >= 0.3 is 0 Å². The Kier molecular flexibility index (Phi) is 6.35. The van der Waals surface area contributed by atoms with Crippen LogP contribution in [-0.4, -0.2) is 25.9 Å². The van der Waals surface area contributed by atoms with Crippen molar-refractivity contribution < 1.29 is 14.3 Å². The number of rotatable bonds is 7. The molecule has 0 aliphatic carbocycles. The molecule has 2 rings (SSSR count). The number of thioether (sulfide) groups is 1. The number of ether oxygens (including phenoxy) is 2. The summed E-state index contributed by atoms with van der Waals surface area (Å²) in [5.74, 6) is 2.08. The minimum atomic E-state index is -0.157. The minimum absolute atomic E-state index is 0.157. The molecule has 122 valence electrons. The van der Waals surface area contributed by atoms with Crippen LogP contribution in [0.4, 0.5) is 5.69 Å². The molecule has 0 bridgehead atoms. The summed E-state index contributed by atoms with van der Waals surface area (Å²) in [4.78, 5) is 13.6. The van der Waals surface area contributed by atoms with Gasteiger partial charge in [-0.3, -0.25) is 4.79 Å². The van der Waals surface area contributed by atoms with Crippen molar-refractivity contribution in [2.45, 2.75) is 18.2 Å². The maximum atomic E-state index is 12.6. The van der Waals surface area contributed by atoms with Crippen LogP contribution in [0.15, 0.2) is 47.4 Å². The number of carbonyl (C=O) groups excluding carboxylic acids is 1. The maximum absolute atomic E-state index is 12.6. The van der Waals surface area contributed by atoms with Crippen molar-refractivity contribution in [1.29, 1.82) is 0 Å². The molecule has 1 N–H and O–H groups in total. The summed E-state index contributed by atoms with van der Waals surface area (Å²) in [6, 6.07) is 12.9. The first-order valence-electron chi connectivity index (χ1n) is 7.44. The van der Waals surface area contributed by atoms with E-state index in [4.69, 9.17) is 9.47 Å². The van der Waals surface area contributed by atoms with E-state index in [1.165, 1.54) is 0 Å². The van der Waals surface area contributed by atoms with E-state index >= 15 is 0 Å². The zero-order valence-corrected chi connectivity index (χ0v) is 14.4. The number of carbonyl (C=O) groups is 1. The zero-order chi connectivity index (χ0) is 16.7. The van der Waals surface area contributed by atoms with Crippen molar-refractivity contribution in [2.24, 2.45) is 0 Å². The van der Waals surface area contributed by atoms with E-state index in [0.29, 0.717) is 22.7 Å². The number of anilines is 1. The fraction of sp³-hybridized carbons (Fsp3) is 0.278. The van der Waals surface area contributed by atoms with E-state index in [1.54, 1.807) is 44.2 Å². The molecular formula is C18H21NO3S. The van der Waals surface area contributed by atoms with E-state index in [1.807, 2.05) is 24.3 Å². The highest BCUT2D eigenvalue weighted by molar-refractivity contribution is 7.99. The summed E-state index contributed by atoms with van der Waals surface area (Å²) in [6.45, 7) is 2.12. The van der Waals surface area contributed by atoms with Gasteiger partial charge in [0.15, 0.2) is 0 Å². The predicted molar refractivity (Wildman–Crippen MR) is 95.0 cm³/mol. The molecule has 0 fully saturated rings. The molecule has 0 radical (unpaired) electrons. The molecule has 0 atom stereocenters. The van der Waals surface area contributed by atoms with E-state index < -0.39 is 0 Å². The summed E-state index contributed by atoms with van der Waals surface area (Å²) >= 11 is 1.69. The van der Waals surface area contributed by atoms with Gasteiger partial charge in [0.2, 0.25) is 0 Å². The molecule has 2 aromatic rings. The fourth-order valence-corrected chi connectivity index (χ4v) is 3.01. The summed E-state index contributed by atoms with van der Waals surface area (Å²) < 4.78 is 10.5. The van der Waals surface area contributed by atoms with Crippen LogP contribution in [-0.2, 0) is 0 Å². The van der Waals surface area contributed by atoms with Crippen LogP contribution >= 0.6 is 11.8 Å². The van der Waals surface area contributed by atoms with Gasteiger partial charge in [-0.25, -0.2) is 0 Å². The summed E-state index contributed by atoms with van der Waals surface area (Å²) in [5.41, 5.74) is 1.25. The van der Waals surface area contributed by atoms with Gasteiger partial charge in [-0.2, -0.15) is 0 Å². The number of benzene rings is 2. The zero-order valence-electron chi connectivity index (χ0n) is 13.6. The van der Waals surface area contributed by atoms with Crippen molar-refractivity contribution in [3.63, 3.8) is 0 Å². The van der Waals surface area contributed by atoms with Gasteiger partial charge in [-0.1, -0.05) is 19.1 Å². The fourth-order valence-electron chi connectivity index (χ4n) is 2.09. The van der Waals surface area contributed by atoms with E-state index in [9.17, 15) is 4.79 Å². The van der Waals surface area contributed by atoms with Gasteiger partial charge in [-0.15, -0.1) is 11.8 Å². The molecular weight excluding hydrogens is 310 g/mol. The largest absolute Gasteiger partial charge is 0.497 e. The highest BCUT2D eigenvalue weighted by Crippen LogP contribution is 2.30. The molecule has 0 saturated heterocycles. The second kappa shape index (κ2) is 8.48. The van der Waals surface area contributed by atoms with Gasteiger partial charge in [0, 0.05) is 11.0 Å². The second-order valence-electron chi connectivity index (χ2n) is 4.86. The molecule has 0 saturated carbocycles. The van der Waals surface area contributed by atoms with Crippen LogP contribution in [0.3, 0.4) is 0 Å². The topological polar surface area (TPSA) is 47.6 Å². The molecule has 0 aliphatic rings. The third-order valence-corrected chi connectivity index (χ3v) is 4.53. The standard InChI is InChI=1S/C18H21NO3S/c1-4-11-23-17-8-6-5-7-14(17)18(20)19-15-12-13(21-2)9-10-16(15)22-3/h5-10,12H,4,11H2,1-3H3,(H,19,20). The van der Waals surface area contributed by atoms with Crippen molar-refractivity contribution in [3.8, 4) is 11.5 Å². The monoisotopic (exact) mass is 331 g/mol. The Hall–Kier alpha value is -2.14. The summed E-state index contributed by atoms with van der Waals surface area (Å²) in [6.07, 6.45) is 1.06. The smallest absolute Gasteiger partial charge is 0.256 e. The van der Waals surface area contributed by atoms with Gasteiger partial charge < -0.3 is 14.8 Å². The van der Waals surface area contributed by atoms with Gasteiger partial charge in [0.1, 0.15) is 11.5 Å². The average Bonchev–Trinajstić information content (AvgIpc) is 2.60. The van der Waals surface area contributed by atoms with Crippen LogP contribution in [0.25, 0.3) is 0 Å². The van der Waals surface area contributed by atoms with Crippen molar-refractivity contribution in [3.05, 3.63) is 48.0 Å². The lowest BCUT2D eigenvalue weighted by molar-refractivity contribution is 0.102. The van der Waals surface area contributed by atoms with E-state index in [0.717, 1.165) is 17.1 Å². The Bertz CT molecular complexity index is 673. The number of hydrogen-bond acceptors (Lipinski definition) is 4. The number of hydrogen-bond donors (Lipinski definition) is 1. The molecule has 0 aliphatic heterocycles. The third kappa shape index (κ3) is 4.42. The van der Waals surface area contributed by atoms with Crippen LogP contribution in [0, 0.1) is 0 Å². The third-order valence-electron chi connectivity index (χ3n) is 3.25. The van der Waals surface area contributed by atoms with Crippen LogP contribution in [0.2, 0.25) is 0 Å². The predicted octanol–water partition coefficient (Wildman–Crippen LogP) is 4.46. The molecule has 23 heavy (non-hydrogen) atoms. The lowest BCUT2D eigenvalue weighted by Crippen LogP contribution is -2.13. The molecule has 0 aromatic heterocycles. The minimum Gasteiger partial charge on any atom is -0.497 e. The van der Waals surface area contributed by atoms with Gasteiger partial charge in [-0.05, 0) is 36.4 Å². The highest BCUT2D eigenvalue weighted by atomic mass is 32.2. The highest BCUT2D eigenvalue weighted by Gasteiger charge is 2.14. The lowest BCUT2D eigenvalue weighted by atomic mass is 10.2. The quantitative estimate of drug-likeness (QED) is 0.761. The average molecular weight is 331 g/mol. The van der Waals surface area contributed by atoms with Crippen LogP contribution in [0.5, 0.6) is 11.5 Å². The van der Waals surface area contributed by atoms with E-state index in [-0.39, 0.29) is 5.91 Å². The lowest BCUT2D eigenvalue weighted by Gasteiger charge is -2.13. The Labute approximate surface area is 141 Å². The normalized spacial score (nSPS) is 10.2. The first kappa shape index (κ1) is 17.2. The second-order valence-corrected chi connectivity index (χ2v) is 6.00. The molecule has 2 aromatic carbocycles. The molecule has 0 heterocycles. The van der Waals surface area contributed by atoms with Gasteiger partial charge in [0.05, 0.1) is 25.5 Å². The Morgan fingerprint density at radius 1 is 1.13 bits per heavy atom. The molecule has 0 spiro atoms. The number of methoxy groups -OCH3 is 2. The Morgan fingerprint density at radius 2 is 1.91 bits per heavy atom. The summed E-state index contributed by atoms with van der Waals surface area (Å²) in [5, 5.41) is 2.91. The Balaban J connectivity index is 2.25. The first-order chi connectivity index (χ1) is 11.2. The van der Waals surface area contributed by atoms with E-state index in [2.05, 4.69) is 12.2 Å². The number of nitrogens with one attached hydrogen (secondary N) is 1. The van der Waals surface area contributed by atoms with Crippen LogP contribution in [0.1, 0.15) is 23.7 Å². The molecule has 0 unspecified atom stereocenters. The van der Waals surface area contributed by atoms with Gasteiger partial charge in [0.25, 0.3) is 5.91 Å². The number of amides is 1. The van der Waals surface area contributed by atoms with Crippen molar-refractivity contribution in [1.82, 2.24) is 0 Å². The van der Waals surface area contributed by atoms with Crippen molar-refractivity contribution >= 4 is 23.4 Å². The van der Waals surface area contributed by atoms with Crippen LogP contribution < -0.4 is 14.8 Å². The maximum Gasteiger partial charge on any atom is 0.256 e. The van der Waals surface area contributed by atoms with Crippen molar-refractivity contribution in [2.75, 3.05) is 25.3 Å². The SMILES string of the molecule is CCCSc1ccccc1C(=O)Nc1cc(OC)ccc1OC. The summed E-state index contributed by atoms with van der Waals surface area (Å²) in [7, 11) is 3.16. The molecule has 1 amide bonds. The molecule has 4 nitrogen and oxygen atoms in total. The molecule has 5 heteroatoms. The first-order valence-corrected chi connectivity index (χ1v) is 8.43. The Morgan fingerprint density at radius 3 is 2.61 bits per heavy atom.